The highest BCUT2D eigenvalue weighted by Crippen LogP contribution is 2.05. The van der Waals surface area contributed by atoms with Crippen LogP contribution >= 0.6 is 0 Å². The molecular weight excluding hydrogens is 181 g/mol. The second kappa shape index (κ2) is 3.28. The quantitative estimate of drug-likeness (QED) is 0.514. The van der Waals surface area contributed by atoms with Crippen LogP contribution in [0.25, 0.3) is 10.8 Å². The molecule has 70 valence electrons. The maximum atomic E-state index is 11.3. The Morgan fingerprint density at radius 2 is 1.93 bits per heavy atom. The number of aromatic amines is 1. The molecule has 2 aromatic rings. The lowest BCUT2D eigenvalue weighted by Crippen LogP contribution is -2.31. The van der Waals surface area contributed by atoms with Crippen LogP contribution in [-0.4, -0.2) is 22.2 Å². The van der Waals surface area contributed by atoms with Crippen LogP contribution in [0.2, 0.25) is 0 Å². The third kappa shape index (κ3) is 1.32. The fourth-order valence-corrected chi connectivity index (χ4v) is 1.47. The van der Waals surface area contributed by atoms with E-state index in [9.17, 15) is 4.79 Å². The van der Waals surface area contributed by atoms with Crippen molar-refractivity contribution in [3.63, 3.8) is 0 Å². The van der Waals surface area contributed by atoms with Gasteiger partial charge in [0.1, 0.15) is 0 Å². The van der Waals surface area contributed by atoms with Gasteiger partial charge in [-0.2, -0.15) is 0 Å². The zero-order valence-electron chi connectivity index (χ0n) is 7.27. The van der Waals surface area contributed by atoms with Gasteiger partial charge in [-0.05, 0) is 23.0 Å². The molecule has 0 amide bonds. The summed E-state index contributed by atoms with van der Waals surface area (Å²) in [6.07, 6.45) is 1.48. The lowest BCUT2D eigenvalue weighted by atomic mass is 9.77. The number of fused-ring (bicyclic) bond motifs is 1. The summed E-state index contributed by atoms with van der Waals surface area (Å²) in [5.41, 5.74) is 0.110. The average Bonchev–Trinajstić information content (AvgIpc) is 2.17. The fraction of sp³-hybridized carbons (Fsp3) is 0. The van der Waals surface area contributed by atoms with Crippen molar-refractivity contribution in [3.05, 3.63) is 40.8 Å². The van der Waals surface area contributed by atoms with Crippen molar-refractivity contribution < 1.29 is 10.0 Å². The monoisotopic (exact) mass is 189 g/mol. The van der Waals surface area contributed by atoms with E-state index in [1.807, 2.05) is 0 Å². The first-order valence-electron chi connectivity index (χ1n) is 4.16. The van der Waals surface area contributed by atoms with Gasteiger partial charge in [-0.25, -0.2) is 0 Å². The van der Waals surface area contributed by atoms with Crippen molar-refractivity contribution in [3.8, 4) is 0 Å². The van der Waals surface area contributed by atoms with Crippen molar-refractivity contribution in [2.24, 2.45) is 0 Å². The molecule has 5 heteroatoms. The number of hydrogen-bond donors (Lipinski definition) is 3. The van der Waals surface area contributed by atoms with Crippen molar-refractivity contribution >= 4 is 23.4 Å². The number of hydrogen-bond acceptors (Lipinski definition) is 3. The van der Waals surface area contributed by atoms with E-state index in [1.165, 1.54) is 6.20 Å². The first-order chi connectivity index (χ1) is 6.70. The number of H-pyrrole nitrogens is 1. The Kier molecular flexibility index (Phi) is 2.11. The van der Waals surface area contributed by atoms with Crippen molar-refractivity contribution in [1.82, 2.24) is 4.98 Å². The van der Waals surface area contributed by atoms with Crippen LogP contribution in [0.15, 0.2) is 35.3 Å². The molecule has 0 radical (unpaired) electrons. The van der Waals surface area contributed by atoms with E-state index in [1.54, 1.807) is 24.3 Å². The molecule has 3 N–H and O–H groups in total. The maximum Gasteiger partial charge on any atom is 0.489 e. The molecule has 0 aliphatic heterocycles. The molecule has 1 aromatic carbocycles. The zero-order valence-corrected chi connectivity index (χ0v) is 7.27. The fourth-order valence-electron chi connectivity index (χ4n) is 1.47. The number of aromatic nitrogens is 1. The van der Waals surface area contributed by atoms with E-state index in [-0.39, 0.29) is 5.56 Å². The van der Waals surface area contributed by atoms with Gasteiger partial charge in [0.15, 0.2) is 0 Å². The molecule has 0 unspecified atom stereocenters. The average molecular weight is 189 g/mol. The van der Waals surface area contributed by atoms with Gasteiger partial charge in [0.05, 0.1) is 0 Å². The topological polar surface area (TPSA) is 73.3 Å². The third-order valence-corrected chi connectivity index (χ3v) is 2.13. The Morgan fingerprint density at radius 1 is 1.14 bits per heavy atom. The first kappa shape index (κ1) is 8.99. The summed E-state index contributed by atoms with van der Waals surface area (Å²) in [7, 11) is -1.56. The standard InChI is InChI=1S/C9H8BNO3/c12-9-7-2-1-3-8(10(13)14)6(7)4-5-11-9/h1-5,13-14H,(H,11,12). The van der Waals surface area contributed by atoms with Crippen LogP contribution < -0.4 is 11.0 Å². The minimum atomic E-state index is -1.56. The van der Waals surface area contributed by atoms with Crippen LogP contribution in [0.5, 0.6) is 0 Å². The third-order valence-electron chi connectivity index (χ3n) is 2.13. The predicted octanol–water partition coefficient (Wildman–Crippen LogP) is -0.792. The first-order valence-corrected chi connectivity index (χ1v) is 4.16. The Balaban J connectivity index is 2.88. The summed E-state index contributed by atoms with van der Waals surface area (Å²) in [5, 5.41) is 19.1. The summed E-state index contributed by atoms with van der Waals surface area (Å²) in [5.74, 6) is 0. The number of nitrogens with one attached hydrogen (secondary N) is 1. The van der Waals surface area contributed by atoms with Crippen LogP contribution in [0, 0.1) is 0 Å². The van der Waals surface area contributed by atoms with Gasteiger partial charge in [0.25, 0.3) is 5.56 Å². The van der Waals surface area contributed by atoms with Crippen molar-refractivity contribution in [2.45, 2.75) is 0 Å². The second-order valence-corrected chi connectivity index (χ2v) is 2.99. The summed E-state index contributed by atoms with van der Waals surface area (Å²) in [4.78, 5) is 13.9. The maximum absolute atomic E-state index is 11.3. The van der Waals surface area contributed by atoms with E-state index >= 15 is 0 Å². The smallest absolute Gasteiger partial charge is 0.423 e. The molecule has 14 heavy (non-hydrogen) atoms. The molecule has 1 aromatic heterocycles. The molecule has 0 saturated heterocycles. The highest BCUT2D eigenvalue weighted by atomic mass is 16.4. The zero-order chi connectivity index (χ0) is 10.1. The molecule has 2 rings (SSSR count). The summed E-state index contributed by atoms with van der Waals surface area (Å²) in [6.45, 7) is 0. The molecule has 0 saturated carbocycles. The van der Waals surface area contributed by atoms with E-state index in [2.05, 4.69) is 4.98 Å². The molecule has 0 aliphatic rings. The number of rotatable bonds is 1. The lowest BCUT2D eigenvalue weighted by molar-refractivity contribution is 0.426. The van der Waals surface area contributed by atoms with Gasteiger partial charge < -0.3 is 15.0 Å². The van der Waals surface area contributed by atoms with Gasteiger partial charge in [-0.1, -0.05) is 12.1 Å². The molecule has 0 bridgehead atoms. The Bertz CT molecular complexity index is 521. The van der Waals surface area contributed by atoms with E-state index in [0.29, 0.717) is 16.2 Å². The highest BCUT2D eigenvalue weighted by Gasteiger charge is 2.14. The van der Waals surface area contributed by atoms with Crippen molar-refractivity contribution in [1.29, 1.82) is 0 Å². The molecule has 0 spiro atoms. The second-order valence-electron chi connectivity index (χ2n) is 2.99. The molecule has 0 fully saturated rings. The number of benzene rings is 1. The van der Waals surface area contributed by atoms with Crippen molar-refractivity contribution in [2.75, 3.05) is 0 Å². The SMILES string of the molecule is O=c1[nH]ccc2c(B(O)O)cccc12. The van der Waals surface area contributed by atoms with Crippen LogP contribution in [0.1, 0.15) is 0 Å². The summed E-state index contributed by atoms with van der Waals surface area (Å²) >= 11 is 0. The largest absolute Gasteiger partial charge is 0.489 e. The lowest BCUT2D eigenvalue weighted by Gasteiger charge is -2.03. The Morgan fingerprint density at radius 3 is 2.64 bits per heavy atom. The molecule has 1 heterocycles. The van der Waals surface area contributed by atoms with Gasteiger partial charge in [-0.15, -0.1) is 0 Å². The van der Waals surface area contributed by atoms with Crippen LogP contribution in [0.4, 0.5) is 0 Å². The van der Waals surface area contributed by atoms with Gasteiger partial charge >= 0.3 is 7.12 Å². The van der Waals surface area contributed by atoms with Gasteiger partial charge in [-0.3, -0.25) is 4.79 Å². The van der Waals surface area contributed by atoms with Crippen LogP contribution in [-0.2, 0) is 0 Å². The van der Waals surface area contributed by atoms with Gasteiger partial charge in [0, 0.05) is 11.6 Å². The highest BCUT2D eigenvalue weighted by molar-refractivity contribution is 6.61. The summed E-state index contributed by atoms with van der Waals surface area (Å²) < 4.78 is 0. The molecule has 4 nitrogen and oxygen atoms in total. The Hall–Kier alpha value is -1.59. The predicted molar refractivity (Wildman–Crippen MR) is 54.4 cm³/mol. The van der Waals surface area contributed by atoms with E-state index in [4.69, 9.17) is 10.0 Å². The van der Waals surface area contributed by atoms with E-state index in [0.717, 1.165) is 0 Å². The number of pyridine rings is 1. The minimum absolute atomic E-state index is 0.231. The Labute approximate surface area is 80.0 Å². The minimum Gasteiger partial charge on any atom is -0.423 e. The molecular formula is C9H8BNO3. The van der Waals surface area contributed by atoms with Crippen LogP contribution in [0.3, 0.4) is 0 Å². The van der Waals surface area contributed by atoms with Gasteiger partial charge in [0.2, 0.25) is 0 Å². The summed E-state index contributed by atoms with van der Waals surface area (Å²) in [6, 6.07) is 6.48. The van der Waals surface area contributed by atoms with E-state index < -0.39 is 7.12 Å². The molecule has 0 atom stereocenters. The normalized spacial score (nSPS) is 10.4. The molecule has 0 aliphatic carbocycles.